The maximum Gasteiger partial charge on any atom is 0.410 e. The summed E-state index contributed by atoms with van der Waals surface area (Å²) in [6.07, 6.45) is 4.61. The number of aromatic nitrogens is 4. The second-order valence-corrected chi connectivity index (χ2v) is 20.8. The molecule has 2 unspecified atom stereocenters. The molecule has 4 aromatic carbocycles. The van der Waals surface area contributed by atoms with E-state index in [1.165, 1.54) is 19.8 Å². The molecule has 4 aliphatic rings. The molecule has 1 aliphatic carbocycles. The third kappa shape index (κ3) is 10.6. The minimum Gasteiger partial charge on any atom is -0.453 e. The number of nitrogens with one attached hydrogen (secondary N) is 4. The van der Waals surface area contributed by atoms with Crippen molar-refractivity contribution in [2.45, 2.75) is 115 Å². The SMILES string of the molecule is COC(=O)N[C@H](c1ccccc1)C(O)N1CCC[C@H]1c1ncc(-c2ccc3cc(-c4ccc5c(c4)CCc4nc([C@@H]6CCCN6C(=O)[C@@H](NC(O)OC)C6CCN(C(=O)OC(C)(C)C)CC6)[nH]c4-5)ccc3c2)[nH]1. The number of carbonyl (C=O) groups excluding carboxylic acids is 3. The predicted octanol–water partition coefficient (Wildman–Crippen LogP) is 8.13. The van der Waals surface area contributed by atoms with Crippen LogP contribution in [0.3, 0.4) is 0 Å². The van der Waals surface area contributed by atoms with Crippen molar-refractivity contribution >= 4 is 28.9 Å². The molecular formula is C56H67N9O8. The van der Waals surface area contributed by atoms with Crippen LogP contribution >= 0.6 is 0 Å². The highest BCUT2D eigenvalue weighted by Crippen LogP contribution is 2.41. The van der Waals surface area contributed by atoms with Gasteiger partial charge in [-0.1, -0.05) is 72.8 Å². The van der Waals surface area contributed by atoms with E-state index in [4.69, 9.17) is 24.2 Å². The molecule has 17 heteroatoms. The molecule has 10 rings (SSSR count). The molecule has 384 valence electrons. The molecule has 3 aliphatic heterocycles. The number of hydrogen-bond donors (Lipinski definition) is 6. The number of fused-ring (bicyclic) bond motifs is 4. The van der Waals surface area contributed by atoms with Gasteiger partial charge in [0.1, 0.15) is 23.5 Å². The highest BCUT2D eigenvalue weighted by Gasteiger charge is 2.42. The van der Waals surface area contributed by atoms with Crippen LogP contribution in [0.25, 0.3) is 44.4 Å². The lowest BCUT2D eigenvalue weighted by atomic mass is 9.88. The first-order valence-corrected chi connectivity index (χ1v) is 25.7. The summed E-state index contributed by atoms with van der Waals surface area (Å²) in [4.78, 5) is 62.5. The Morgan fingerprint density at radius 2 is 1.48 bits per heavy atom. The predicted molar refractivity (Wildman–Crippen MR) is 276 cm³/mol. The Labute approximate surface area is 425 Å². The smallest absolute Gasteiger partial charge is 0.410 e. The molecule has 0 radical (unpaired) electrons. The quantitative estimate of drug-likeness (QED) is 0.0606. The largest absolute Gasteiger partial charge is 0.453 e. The van der Waals surface area contributed by atoms with Crippen molar-refractivity contribution in [1.82, 2.24) is 45.3 Å². The number of likely N-dealkylation sites (tertiary alicyclic amines) is 3. The van der Waals surface area contributed by atoms with E-state index in [0.29, 0.717) is 39.0 Å². The van der Waals surface area contributed by atoms with E-state index in [1.54, 1.807) is 4.90 Å². The molecule has 6 aromatic rings. The monoisotopic (exact) mass is 994 g/mol. The van der Waals surface area contributed by atoms with E-state index in [-0.39, 0.29) is 30.0 Å². The number of carbonyl (C=O) groups is 3. The number of methoxy groups -OCH3 is 2. The summed E-state index contributed by atoms with van der Waals surface area (Å²) in [6.45, 7) is 7.67. The minimum atomic E-state index is -1.32. The van der Waals surface area contributed by atoms with Gasteiger partial charge in [0.15, 0.2) is 0 Å². The van der Waals surface area contributed by atoms with Crippen molar-refractivity contribution in [1.29, 1.82) is 0 Å². The standard InChI is InChI=1S/C56H67N9O8/c1-56(2,3)73-55(70)63-27-23-34(24-28-63)47(62-54(69)72-5)52(67)65-26-10-14-45(65)50-58-42-22-20-39-30-38(19-21-41(39)48(42)60-50)35-15-16-37-31-40(18-17-36(37)29-35)43-32-57-49(59-43)44-13-9-25-64(44)51(66)46(61-53(68)71-4)33-11-7-6-8-12-33/h6-8,11-12,15-19,21,29-32,34,44-47,51,54,62,66,69H,9-10,13-14,20,22-28H2,1-5H3,(H,57,59)(H,58,60)(H,61,68)/t44-,45-,46+,47-,51?,54?/m0/s1. The number of hydrogen-bond acceptors (Lipinski definition) is 12. The summed E-state index contributed by atoms with van der Waals surface area (Å²) in [6, 6.07) is 27.2. The molecule has 0 bridgehead atoms. The van der Waals surface area contributed by atoms with Crippen LogP contribution in [0.5, 0.6) is 0 Å². The van der Waals surface area contributed by atoms with Crippen LogP contribution < -0.4 is 10.6 Å². The van der Waals surface area contributed by atoms with Gasteiger partial charge in [0, 0.05) is 44.4 Å². The van der Waals surface area contributed by atoms with E-state index in [2.05, 4.69) is 75.2 Å². The minimum absolute atomic E-state index is 0.106. The van der Waals surface area contributed by atoms with E-state index in [1.807, 2.05) is 67.1 Å². The Kier molecular flexibility index (Phi) is 14.4. The van der Waals surface area contributed by atoms with Crippen molar-refractivity contribution in [3.05, 3.63) is 120 Å². The van der Waals surface area contributed by atoms with Gasteiger partial charge in [-0.05, 0) is 123 Å². The van der Waals surface area contributed by atoms with Crippen LogP contribution in [0, 0.1) is 5.92 Å². The Morgan fingerprint density at radius 3 is 2.22 bits per heavy atom. The first-order valence-electron chi connectivity index (χ1n) is 25.7. The van der Waals surface area contributed by atoms with Gasteiger partial charge in [0.05, 0.1) is 54.6 Å². The number of aliphatic hydroxyl groups excluding tert-OH is 2. The number of aromatic amines is 2. The Balaban J connectivity index is 0.819. The number of ether oxygens (including phenoxy) is 3. The average Bonchev–Trinajstić information content (AvgIpc) is 4.26. The molecule has 0 spiro atoms. The summed E-state index contributed by atoms with van der Waals surface area (Å²) in [5.41, 5.74) is 8.68. The fourth-order valence-corrected chi connectivity index (χ4v) is 11.3. The van der Waals surface area contributed by atoms with Crippen LogP contribution in [0.4, 0.5) is 9.59 Å². The molecule has 6 atom stereocenters. The molecule has 3 amide bonds. The molecule has 3 saturated heterocycles. The number of aliphatic hydroxyl groups is 2. The summed E-state index contributed by atoms with van der Waals surface area (Å²) < 4.78 is 15.7. The third-order valence-corrected chi connectivity index (χ3v) is 15.1. The molecule has 17 nitrogen and oxygen atoms in total. The highest BCUT2D eigenvalue weighted by molar-refractivity contribution is 5.91. The van der Waals surface area contributed by atoms with Crippen LogP contribution in [0.2, 0.25) is 0 Å². The average molecular weight is 994 g/mol. The van der Waals surface area contributed by atoms with Crippen molar-refractivity contribution in [3.63, 3.8) is 0 Å². The first-order chi connectivity index (χ1) is 35.2. The fourth-order valence-electron chi connectivity index (χ4n) is 11.3. The number of rotatable bonds is 13. The zero-order chi connectivity index (χ0) is 51.0. The number of piperidine rings is 1. The van der Waals surface area contributed by atoms with Crippen molar-refractivity contribution in [2.24, 2.45) is 5.92 Å². The topological polar surface area (TPSA) is 210 Å². The van der Waals surface area contributed by atoms with Crippen LogP contribution in [-0.4, -0.2) is 128 Å². The van der Waals surface area contributed by atoms with Gasteiger partial charge in [-0.3, -0.25) is 15.0 Å². The summed E-state index contributed by atoms with van der Waals surface area (Å²) in [5, 5.41) is 30.4. The van der Waals surface area contributed by atoms with Gasteiger partial charge in [-0.2, -0.15) is 0 Å². The number of nitrogens with zero attached hydrogens (tertiary/aromatic N) is 5. The van der Waals surface area contributed by atoms with E-state index in [9.17, 15) is 24.6 Å². The normalized spacial score (nSPS) is 20.0. The lowest BCUT2D eigenvalue weighted by Gasteiger charge is -2.38. The molecule has 5 heterocycles. The molecule has 3 fully saturated rings. The maximum atomic E-state index is 14.5. The molecular weight excluding hydrogens is 927 g/mol. The molecule has 0 saturated carbocycles. The molecule has 73 heavy (non-hydrogen) atoms. The Bertz CT molecular complexity index is 2940. The number of benzene rings is 4. The number of imidazole rings is 2. The highest BCUT2D eigenvalue weighted by atomic mass is 16.6. The molecule has 6 N–H and O–H groups in total. The summed E-state index contributed by atoms with van der Waals surface area (Å²) >= 11 is 0. The lowest BCUT2D eigenvalue weighted by molar-refractivity contribution is -0.146. The number of alkyl carbamates (subject to hydrolysis) is 1. The van der Waals surface area contributed by atoms with Gasteiger partial charge >= 0.3 is 12.2 Å². The van der Waals surface area contributed by atoms with Gasteiger partial charge in [-0.25, -0.2) is 19.6 Å². The van der Waals surface area contributed by atoms with E-state index in [0.717, 1.165) is 106 Å². The number of amides is 3. The van der Waals surface area contributed by atoms with Gasteiger partial charge in [0.25, 0.3) is 0 Å². The van der Waals surface area contributed by atoms with Gasteiger partial charge in [0.2, 0.25) is 12.3 Å². The fraction of sp³-hybridized carbons (Fsp3) is 0.446. The second-order valence-electron chi connectivity index (χ2n) is 20.8. The van der Waals surface area contributed by atoms with Crippen LogP contribution in [0.15, 0.2) is 91.1 Å². The number of H-pyrrole nitrogens is 2. The van der Waals surface area contributed by atoms with Crippen molar-refractivity contribution in [3.8, 4) is 33.6 Å². The van der Waals surface area contributed by atoms with Gasteiger partial charge in [-0.15, -0.1) is 0 Å². The second kappa shape index (κ2) is 21.1. The summed E-state index contributed by atoms with van der Waals surface area (Å²) in [5.74, 6) is 1.31. The summed E-state index contributed by atoms with van der Waals surface area (Å²) in [7, 11) is 2.71. The Morgan fingerprint density at radius 1 is 0.781 bits per heavy atom. The van der Waals surface area contributed by atoms with Gasteiger partial charge < -0.3 is 49.5 Å². The maximum absolute atomic E-state index is 14.5. The zero-order valence-electron chi connectivity index (χ0n) is 42.3. The first kappa shape index (κ1) is 49.9. The van der Waals surface area contributed by atoms with Crippen LogP contribution in [-0.2, 0) is 31.8 Å². The third-order valence-electron chi connectivity index (χ3n) is 15.1. The lowest BCUT2D eigenvalue weighted by Crippen LogP contribution is -2.56. The Hall–Kier alpha value is -6.63. The van der Waals surface area contributed by atoms with Crippen LogP contribution in [0.1, 0.15) is 106 Å². The van der Waals surface area contributed by atoms with E-state index < -0.39 is 36.4 Å². The zero-order valence-corrected chi connectivity index (χ0v) is 42.3. The number of aryl methyl sites for hydroxylation is 2. The van der Waals surface area contributed by atoms with Crippen molar-refractivity contribution < 1.29 is 38.8 Å². The van der Waals surface area contributed by atoms with E-state index >= 15 is 0 Å². The molecule has 2 aromatic heterocycles. The van der Waals surface area contributed by atoms with Crippen molar-refractivity contribution in [2.75, 3.05) is 40.4 Å².